The van der Waals surface area contributed by atoms with Crippen molar-refractivity contribution in [3.8, 4) is 0 Å². The first-order chi connectivity index (χ1) is 5.82. The summed E-state index contributed by atoms with van der Waals surface area (Å²) in [5, 5.41) is 0. The van der Waals surface area contributed by atoms with Crippen LogP contribution in [0.5, 0.6) is 0 Å². The van der Waals surface area contributed by atoms with Gasteiger partial charge in [-0.2, -0.15) is 0 Å². The Bertz CT molecular complexity index is 205. The van der Waals surface area contributed by atoms with Crippen molar-refractivity contribution in [3.63, 3.8) is 0 Å². The Hall–Kier alpha value is -0.313. The Morgan fingerprint density at radius 2 is 1.92 bits per heavy atom. The average Bonchev–Trinajstić information content (AvgIpc) is 1.79. The molecule has 0 unspecified atom stereocenters. The first kappa shape index (κ1) is 10.8. The number of hydrogen-bond donors (Lipinski definition) is 0. The normalized spacial score (nSPS) is 28.6. The molecule has 3 heteroatoms. The van der Waals surface area contributed by atoms with E-state index in [1.54, 1.807) is 0 Å². The molecule has 76 valence electrons. The third-order valence-electron chi connectivity index (χ3n) is 2.53. The third kappa shape index (κ3) is 2.33. The standard InChI is InChI=1S/C10H20O2Si/c1-7(2)6-8-9(10(11)12-8)13(3,4)5/h7-9H,6H2,1-5H3/t8-,9-/m0/s1. The van der Waals surface area contributed by atoms with Crippen LogP contribution in [0, 0.1) is 5.92 Å². The summed E-state index contributed by atoms with van der Waals surface area (Å²) in [6.45, 7) is 11.1. The third-order valence-corrected chi connectivity index (χ3v) is 5.00. The lowest BCUT2D eigenvalue weighted by atomic mass is 10.00. The molecule has 13 heavy (non-hydrogen) atoms. The fourth-order valence-corrected chi connectivity index (χ4v) is 4.02. The lowest BCUT2D eigenvalue weighted by Crippen LogP contribution is -2.52. The number of rotatable bonds is 3. The van der Waals surface area contributed by atoms with Gasteiger partial charge in [-0.1, -0.05) is 33.5 Å². The van der Waals surface area contributed by atoms with Crippen molar-refractivity contribution in [3.05, 3.63) is 0 Å². The minimum absolute atomic E-state index is 0.0461. The maximum atomic E-state index is 11.3. The van der Waals surface area contributed by atoms with E-state index in [0.717, 1.165) is 6.42 Å². The second kappa shape index (κ2) is 3.44. The molecule has 0 radical (unpaired) electrons. The molecule has 1 rings (SSSR count). The lowest BCUT2D eigenvalue weighted by molar-refractivity contribution is -0.170. The fourth-order valence-electron chi connectivity index (χ4n) is 1.93. The summed E-state index contributed by atoms with van der Waals surface area (Å²) < 4.78 is 5.18. The van der Waals surface area contributed by atoms with Gasteiger partial charge >= 0.3 is 5.97 Å². The van der Waals surface area contributed by atoms with Crippen LogP contribution in [0.2, 0.25) is 25.2 Å². The molecular formula is C10H20O2Si. The highest BCUT2D eigenvalue weighted by Crippen LogP contribution is 2.40. The summed E-state index contributed by atoms with van der Waals surface area (Å²) >= 11 is 0. The molecule has 1 saturated heterocycles. The lowest BCUT2D eigenvalue weighted by Gasteiger charge is -2.42. The zero-order chi connectivity index (χ0) is 10.2. The van der Waals surface area contributed by atoms with Crippen LogP contribution >= 0.6 is 0 Å². The Labute approximate surface area is 81.7 Å². The van der Waals surface area contributed by atoms with E-state index < -0.39 is 8.07 Å². The van der Waals surface area contributed by atoms with Crippen molar-refractivity contribution in [2.75, 3.05) is 0 Å². The number of carbonyl (C=O) groups excluding carboxylic acids is 1. The quantitative estimate of drug-likeness (QED) is 0.517. The summed E-state index contributed by atoms with van der Waals surface area (Å²) in [6.07, 6.45) is 1.25. The molecular weight excluding hydrogens is 180 g/mol. The van der Waals surface area contributed by atoms with Gasteiger partial charge in [0.2, 0.25) is 0 Å². The molecule has 0 aliphatic carbocycles. The fraction of sp³-hybridized carbons (Fsp3) is 0.900. The zero-order valence-electron chi connectivity index (χ0n) is 9.26. The van der Waals surface area contributed by atoms with Crippen LogP contribution in [-0.4, -0.2) is 20.1 Å². The highest BCUT2D eigenvalue weighted by Gasteiger charge is 2.49. The van der Waals surface area contributed by atoms with E-state index in [-0.39, 0.29) is 17.6 Å². The van der Waals surface area contributed by atoms with E-state index in [2.05, 4.69) is 33.5 Å². The van der Waals surface area contributed by atoms with E-state index in [1.807, 2.05) is 0 Å². The van der Waals surface area contributed by atoms with Crippen molar-refractivity contribution in [2.45, 2.75) is 51.6 Å². The molecule has 2 nitrogen and oxygen atoms in total. The number of cyclic esters (lactones) is 1. The Morgan fingerprint density at radius 1 is 1.38 bits per heavy atom. The molecule has 0 bridgehead atoms. The van der Waals surface area contributed by atoms with E-state index >= 15 is 0 Å². The zero-order valence-corrected chi connectivity index (χ0v) is 10.3. The van der Waals surface area contributed by atoms with Crippen molar-refractivity contribution >= 4 is 14.0 Å². The molecule has 0 N–H and O–H groups in total. The van der Waals surface area contributed by atoms with E-state index in [4.69, 9.17) is 4.74 Å². The summed E-state index contributed by atoms with van der Waals surface area (Å²) in [6, 6.07) is 0. The van der Waals surface area contributed by atoms with Gasteiger partial charge in [-0.05, 0) is 12.3 Å². The number of hydrogen-bond acceptors (Lipinski definition) is 2. The second-order valence-electron chi connectivity index (χ2n) is 5.45. The van der Waals surface area contributed by atoms with Crippen molar-refractivity contribution < 1.29 is 9.53 Å². The summed E-state index contributed by atoms with van der Waals surface area (Å²) in [4.78, 5) is 11.3. The molecule has 0 saturated carbocycles. The highest BCUT2D eigenvalue weighted by molar-refractivity contribution is 6.81. The van der Waals surface area contributed by atoms with Crippen LogP contribution < -0.4 is 0 Å². The molecule has 0 aromatic heterocycles. The van der Waals surface area contributed by atoms with Crippen molar-refractivity contribution in [1.82, 2.24) is 0 Å². The van der Waals surface area contributed by atoms with Crippen LogP contribution in [0.1, 0.15) is 20.3 Å². The Kier molecular flexibility index (Phi) is 2.85. The summed E-state index contributed by atoms with van der Waals surface area (Å²) in [5.74, 6) is 0.668. The highest BCUT2D eigenvalue weighted by atomic mass is 28.3. The Balaban J connectivity index is 2.57. The summed E-state index contributed by atoms with van der Waals surface area (Å²) in [7, 11) is -1.34. The average molecular weight is 200 g/mol. The SMILES string of the molecule is CC(C)C[C@@H]1OC(=O)[C@H]1[Si](C)(C)C. The van der Waals surface area contributed by atoms with Crippen molar-refractivity contribution in [1.29, 1.82) is 0 Å². The van der Waals surface area contributed by atoms with Gasteiger partial charge in [0.1, 0.15) is 6.10 Å². The van der Waals surface area contributed by atoms with Gasteiger partial charge in [0, 0.05) is 0 Å². The monoisotopic (exact) mass is 200 g/mol. The molecule has 2 atom stereocenters. The van der Waals surface area contributed by atoms with E-state index in [9.17, 15) is 4.79 Å². The van der Waals surface area contributed by atoms with Gasteiger partial charge in [-0.25, -0.2) is 0 Å². The minimum atomic E-state index is -1.34. The number of ether oxygens (including phenoxy) is 1. The molecule has 1 fully saturated rings. The molecule has 0 spiro atoms. The predicted molar refractivity (Wildman–Crippen MR) is 56.4 cm³/mol. The Morgan fingerprint density at radius 3 is 2.23 bits per heavy atom. The van der Waals surface area contributed by atoms with Gasteiger partial charge in [0.25, 0.3) is 0 Å². The maximum absolute atomic E-state index is 11.3. The first-order valence-electron chi connectivity index (χ1n) is 5.03. The van der Waals surface area contributed by atoms with E-state index in [0.29, 0.717) is 5.92 Å². The smallest absolute Gasteiger partial charge is 0.310 e. The van der Waals surface area contributed by atoms with Crippen LogP contribution in [0.15, 0.2) is 0 Å². The van der Waals surface area contributed by atoms with Crippen LogP contribution in [-0.2, 0) is 9.53 Å². The molecule has 1 heterocycles. The molecule has 0 aromatic rings. The molecule has 0 aromatic carbocycles. The van der Waals surface area contributed by atoms with E-state index in [1.165, 1.54) is 0 Å². The van der Waals surface area contributed by atoms with Gasteiger partial charge in [0.15, 0.2) is 0 Å². The number of esters is 1. The first-order valence-corrected chi connectivity index (χ1v) is 8.60. The van der Waals surface area contributed by atoms with Gasteiger partial charge in [0.05, 0.1) is 13.6 Å². The molecule has 1 aliphatic heterocycles. The minimum Gasteiger partial charge on any atom is -0.462 e. The topological polar surface area (TPSA) is 26.3 Å². The van der Waals surface area contributed by atoms with Crippen LogP contribution in [0.25, 0.3) is 0 Å². The van der Waals surface area contributed by atoms with Crippen LogP contribution in [0.3, 0.4) is 0 Å². The van der Waals surface area contributed by atoms with Gasteiger partial charge < -0.3 is 4.74 Å². The molecule has 1 aliphatic rings. The molecule has 0 amide bonds. The second-order valence-corrected chi connectivity index (χ2v) is 10.8. The van der Waals surface area contributed by atoms with Gasteiger partial charge in [-0.3, -0.25) is 4.79 Å². The predicted octanol–water partition coefficient (Wildman–Crippen LogP) is 2.67. The largest absolute Gasteiger partial charge is 0.462 e. The summed E-state index contributed by atoms with van der Waals surface area (Å²) in [5.41, 5.74) is 0.245. The van der Waals surface area contributed by atoms with Crippen molar-refractivity contribution in [2.24, 2.45) is 5.92 Å². The van der Waals surface area contributed by atoms with Crippen LogP contribution in [0.4, 0.5) is 0 Å². The number of carbonyl (C=O) groups is 1. The maximum Gasteiger partial charge on any atom is 0.310 e. The van der Waals surface area contributed by atoms with Gasteiger partial charge in [-0.15, -0.1) is 0 Å².